The predicted octanol–water partition coefficient (Wildman–Crippen LogP) is -1.41. The Kier molecular flexibility index (Phi) is 3.24. The molecule has 1 heterocycles. The second-order valence-electron chi connectivity index (χ2n) is 2.91. The topological polar surface area (TPSA) is 226 Å². The molecule has 1 aromatic rings. The summed E-state index contributed by atoms with van der Waals surface area (Å²) >= 11 is 0. The molecule has 0 saturated carbocycles. The molecule has 16 heteroatoms. The van der Waals surface area contributed by atoms with Gasteiger partial charge >= 0.3 is 23.3 Å². The van der Waals surface area contributed by atoms with Gasteiger partial charge in [-0.1, -0.05) is 0 Å². The van der Waals surface area contributed by atoms with E-state index in [4.69, 9.17) is 0 Å². The summed E-state index contributed by atoms with van der Waals surface area (Å²) in [7, 11) is 0. The van der Waals surface area contributed by atoms with Crippen molar-refractivity contribution < 1.29 is 29.2 Å². The first-order chi connectivity index (χ1) is 9.11. The molecule has 0 amide bonds. The van der Waals surface area contributed by atoms with Gasteiger partial charge in [-0.05, 0) is 9.46 Å². The molecule has 0 saturated heterocycles. The van der Waals surface area contributed by atoms with E-state index in [-0.39, 0.29) is 0 Å². The van der Waals surface area contributed by atoms with Crippen LogP contribution in [0.2, 0.25) is 0 Å². The Morgan fingerprint density at radius 2 is 0.700 bits per heavy atom. The standard InChI is InChI=1S/C4N6O10/c11-5-1(7(13)14)2(8(15)16)6(12)4(10(19)20)3(5)9(17)18. The molecule has 0 radical (unpaired) electrons. The molecule has 0 aliphatic rings. The number of rotatable bonds is 4. The molecule has 0 bridgehead atoms. The van der Waals surface area contributed by atoms with Gasteiger partial charge in [-0.3, -0.25) is 40.5 Å². The zero-order valence-corrected chi connectivity index (χ0v) is 8.77. The Bertz CT molecular complexity index is 556. The maximum absolute atomic E-state index is 11.3. The largest absolute Gasteiger partial charge is 0.671 e. The lowest BCUT2D eigenvalue weighted by atomic mass is 10.5. The Hall–Kier alpha value is -3.72. The first kappa shape index (κ1) is 14.3. The van der Waals surface area contributed by atoms with E-state index in [0.29, 0.717) is 0 Å². The third-order valence-corrected chi connectivity index (χ3v) is 1.86. The van der Waals surface area contributed by atoms with Crippen LogP contribution in [-0.2, 0) is 0 Å². The minimum atomic E-state index is -2.11. The Balaban J connectivity index is 4.10. The summed E-state index contributed by atoms with van der Waals surface area (Å²) in [6.45, 7) is 0. The fourth-order valence-corrected chi connectivity index (χ4v) is 1.19. The van der Waals surface area contributed by atoms with Gasteiger partial charge in [0, 0.05) is 0 Å². The van der Waals surface area contributed by atoms with E-state index in [1.165, 1.54) is 0 Å². The number of nitrogens with zero attached hydrogens (tertiary/aromatic N) is 6. The van der Waals surface area contributed by atoms with E-state index in [2.05, 4.69) is 0 Å². The van der Waals surface area contributed by atoms with Gasteiger partial charge in [0.2, 0.25) is 0 Å². The molecular weight excluding hydrogens is 292 g/mol. The predicted molar refractivity (Wildman–Crippen MR) is 51.0 cm³/mol. The Labute approximate surface area is 104 Å². The van der Waals surface area contributed by atoms with Crippen molar-refractivity contribution in [2.75, 3.05) is 0 Å². The number of hydrogen-bond acceptors (Lipinski definition) is 10. The lowest BCUT2D eigenvalue weighted by Gasteiger charge is -1.99. The molecular formula is C4N6O10. The van der Waals surface area contributed by atoms with Gasteiger partial charge in [0.05, 0.1) is 0 Å². The lowest BCUT2D eigenvalue weighted by Crippen LogP contribution is -2.45. The van der Waals surface area contributed by atoms with Crippen molar-refractivity contribution in [2.45, 2.75) is 0 Å². The van der Waals surface area contributed by atoms with Crippen LogP contribution in [0.1, 0.15) is 0 Å². The highest BCUT2D eigenvalue weighted by molar-refractivity contribution is 5.39. The van der Waals surface area contributed by atoms with Crippen LogP contribution in [0, 0.1) is 50.9 Å². The van der Waals surface area contributed by atoms with Gasteiger partial charge in [-0.15, -0.1) is 0 Å². The van der Waals surface area contributed by atoms with E-state index in [1.54, 1.807) is 0 Å². The highest BCUT2D eigenvalue weighted by Gasteiger charge is 2.60. The molecule has 20 heavy (non-hydrogen) atoms. The molecule has 0 unspecified atom stereocenters. The van der Waals surface area contributed by atoms with Crippen LogP contribution < -0.4 is 9.46 Å². The fraction of sp³-hybridized carbons (Fsp3) is 0. The first-order valence-electron chi connectivity index (χ1n) is 4.11. The zero-order valence-electron chi connectivity index (χ0n) is 8.77. The highest BCUT2D eigenvalue weighted by atomic mass is 16.7. The van der Waals surface area contributed by atoms with Gasteiger partial charge in [-0.2, -0.15) is 0 Å². The van der Waals surface area contributed by atoms with Crippen LogP contribution in [0.5, 0.6) is 0 Å². The molecule has 1 rings (SSSR count). The monoisotopic (exact) mass is 292 g/mol. The van der Waals surface area contributed by atoms with E-state index in [9.17, 15) is 50.9 Å². The van der Waals surface area contributed by atoms with Crippen LogP contribution in [0.4, 0.5) is 23.3 Å². The van der Waals surface area contributed by atoms with Gasteiger partial charge in [-0.25, -0.2) is 0 Å². The molecule has 0 atom stereocenters. The van der Waals surface area contributed by atoms with Crippen LogP contribution in [0.3, 0.4) is 0 Å². The molecule has 106 valence electrons. The lowest BCUT2D eigenvalue weighted by molar-refractivity contribution is -0.769. The summed E-state index contributed by atoms with van der Waals surface area (Å²) in [6, 6.07) is 0. The minimum absolute atomic E-state index is 1.26. The molecule has 0 fully saturated rings. The summed E-state index contributed by atoms with van der Waals surface area (Å²) in [5, 5.41) is 64.6. The quantitative estimate of drug-likeness (QED) is 0.272. The van der Waals surface area contributed by atoms with E-state index < -0.39 is 52.4 Å². The SMILES string of the molecule is O=[N+]([O-])c1c([N+](=O)[O-])[n+]([O-])c([N+](=O)[O-])c([N+](=O)[O-])[n+]1[O-]. The van der Waals surface area contributed by atoms with E-state index in [1.807, 2.05) is 0 Å². The fourth-order valence-electron chi connectivity index (χ4n) is 1.19. The summed E-state index contributed by atoms with van der Waals surface area (Å²) in [5.41, 5.74) is 0. The molecule has 0 aliphatic heterocycles. The average molecular weight is 292 g/mol. The Morgan fingerprint density at radius 1 is 0.550 bits per heavy atom. The first-order valence-corrected chi connectivity index (χ1v) is 4.11. The van der Waals surface area contributed by atoms with Gasteiger partial charge in [0.15, 0.2) is 0 Å². The van der Waals surface area contributed by atoms with Crippen molar-refractivity contribution in [3.63, 3.8) is 0 Å². The number of aromatic nitrogens is 2. The van der Waals surface area contributed by atoms with Crippen molar-refractivity contribution in [1.29, 1.82) is 0 Å². The number of hydrogen-bond donors (Lipinski definition) is 0. The van der Waals surface area contributed by atoms with Crippen LogP contribution in [0.15, 0.2) is 0 Å². The highest BCUT2D eigenvalue weighted by Crippen LogP contribution is 2.27. The molecule has 0 aromatic carbocycles. The second-order valence-corrected chi connectivity index (χ2v) is 2.91. The normalized spacial score (nSPS) is 10.0. The molecule has 0 N–H and O–H groups in total. The summed E-state index contributed by atoms with van der Waals surface area (Å²) < 4.78 is -2.52. The van der Waals surface area contributed by atoms with E-state index >= 15 is 0 Å². The second kappa shape index (κ2) is 4.51. The van der Waals surface area contributed by atoms with Gasteiger partial charge in [0.25, 0.3) is 0 Å². The third kappa shape index (κ3) is 1.91. The molecule has 0 spiro atoms. The smallest absolute Gasteiger partial charge is 0.608 e. The van der Waals surface area contributed by atoms with Crippen LogP contribution >= 0.6 is 0 Å². The van der Waals surface area contributed by atoms with Crippen molar-refractivity contribution >= 4 is 23.3 Å². The summed E-state index contributed by atoms with van der Waals surface area (Å²) in [6.07, 6.45) is 0. The maximum atomic E-state index is 11.3. The van der Waals surface area contributed by atoms with Crippen LogP contribution in [0.25, 0.3) is 0 Å². The van der Waals surface area contributed by atoms with Crippen molar-refractivity contribution in [1.82, 2.24) is 0 Å². The van der Waals surface area contributed by atoms with E-state index in [0.717, 1.165) is 0 Å². The average Bonchev–Trinajstić information content (AvgIpc) is 2.28. The molecule has 16 nitrogen and oxygen atoms in total. The number of nitro groups is 4. The van der Waals surface area contributed by atoms with Gasteiger partial charge < -0.3 is 10.4 Å². The third-order valence-electron chi connectivity index (χ3n) is 1.86. The minimum Gasteiger partial charge on any atom is -0.608 e. The zero-order chi connectivity index (χ0) is 15.8. The van der Waals surface area contributed by atoms with Crippen molar-refractivity contribution in [3.05, 3.63) is 50.9 Å². The summed E-state index contributed by atoms with van der Waals surface area (Å²) in [5.74, 6) is -8.44. The maximum Gasteiger partial charge on any atom is 0.671 e. The Morgan fingerprint density at radius 3 is 0.800 bits per heavy atom. The molecule has 1 aromatic heterocycles. The van der Waals surface area contributed by atoms with Crippen molar-refractivity contribution in [3.8, 4) is 0 Å². The van der Waals surface area contributed by atoms with Crippen LogP contribution in [-0.4, -0.2) is 19.7 Å². The molecule has 0 aliphatic carbocycles. The van der Waals surface area contributed by atoms with Crippen molar-refractivity contribution in [2.24, 2.45) is 0 Å². The van der Waals surface area contributed by atoms with Gasteiger partial charge in [0.1, 0.15) is 19.7 Å². The summed E-state index contributed by atoms with van der Waals surface area (Å²) in [4.78, 5) is 35.0.